The van der Waals surface area contributed by atoms with Gasteiger partial charge in [0.25, 0.3) is 5.91 Å². The second kappa shape index (κ2) is 7.81. The Morgan fingerprint density at radius 2 is 2.18 bits per heavy atom. The minimum Gasteiger partial charge on any atom is -0.376 e. The van der Waals surface area contributed by atoms with E-state index in [4.69, 9.17) is 4.74 Å². The van der Waals surface area contributed by atoms with E-state index < -0.39 is 0 Å². The smallest absolute Gasteiger partial charge is 0.277 e. The molecule has 4 heterocycles. The van der Waals surface area contributed by atoms with Crippen LogP contribution in [-0.2, 0) is 11.3 Å². The van der Waals surface area contributed by atoms with Gasteiger partial charge in [0, 0.05) is 41.7 Å². The Labute approximate surface area is 167 Å². The Kier molecular flexibility index (Phi) is 5.23. The van der Waals surface area contributed by atoms with Gasteiger partial charge in [0.2, 0.25) is 0 Å². The first kappa shape index (κ1) is 18.8. The summed E-state index contributed by atoms with van der Waals surface area (Å²) in [5, 5.41) is 5.32. The second-order valence-corrected chi connectivity index (χ2v) is 7.92. The first-order valence-electron chi connectivity index (χ1n) is 9.35. The molecule has 0 unspecified atom stereocenters. The zero-order valence-electron chi connectivity index (χ0n) is 16.2. The van der Waals surface area contributed by atoms with Gasteiger partial charge in [-0.2, -0.15) is 0 Å². The molecule has 1 aliphatic rings. The van der Waals surface area contributed by atoms with E-state index in [2.05, 4.69) is 44.7 Å². The topological polar surface area (TPSA) is 81.9 Å². The molecule has 8 heteroatoms. The number of rotatable bonds is 5. The molecule has 7 nitrogen and oxygen atoms in total. The Balaban J connectivity index is 1.51. The van der Waals surface area contributed by atoms with Gasteiger partial charge in [0.15, 0.2) is 5.13 Å². The molecule has 146 valence electrons. The second-order valence-electron chi connectivity index (χ2n) is 7.07. The van der Waals surface area contributed by atoms with Crippen LogP contribution in [0.3, 0.4) is 0 Å². The summed E-state index contributed by atoms with van der Waals surface area (Å²) < 4.78 is 8.08. The number of carbonyl (C=O) groups is 1. The van der Waals surface area contributed by atoms with E-state index in [-0.39, 0.29) is 11.6 Å². The maximum absolute atomic E-state index is 12.3. The lowest BCUT2D eigenvalue weighted by molar-refractivity contribution is 0.0962. The third kappa shape index (κ3) is 3.83. The van der Waals surface area contributed by atoms with E-state index in [0.717, 1.165) is 42.9 Å². The number of nitrogens with zero attached hydrogens (tertiary/aromatic N) is 4. The lowest BCUT2D eigenvalue weighted by Gasteiger charge is -2.14. The minimum atomic E-state index is -0.308. The SMILES string of the molecule is Cc1cnc(C(=O)Nc2nc(-c3cc(C)n(C[C@H]4CCCO4)c3C)cs2)cn1. The van der Waals surface area contributed by atoms with Gasteiger partial charge in [-0.1, -0.05) is 0 Å². The van der Waals surface area contributed by atoms with Crippen molar-refractivity contribution in [2.45, 2.75) is 46.3 Å². The van der Waals surface area contributed by atoms with E-state index >= 15 is 0 Å². The normalized spacial score (nSPS) is 16.5. The summed E-state index contributed by atoms with van der Waals surface area (Å²) in [5.74, 6) is -0.308. The molecule has 1 saturated heterocycles. The quantitative estimate of drug-likeness (QED) is 0.709. The average molecular weight is 398 g/mol. The highest BCUT2D eigenvalue weighted by molar-refractivity contribution is 7.14. The third-order valence-corrected chi connectivity index (χ3v) is 5.76. The number of thiazole rings is 1. The van der Waals surface area contributed by atoms with Gasteiger partial charge in [0.1, 0.15) is 5.69 Å². The number of amides is 1. The van der Waals surface area contributed by atoms with Crippen LogP contribution in [-0.4, -0.2) is 38.1 Å². The van der Waals surface area contributed by atoms with Crippen molar-refractivity contribution in [3.63, 3.8) is 0 Å². The summed E-state index contributed by atoms with van der Waals surface area (Å²) in [4.78, 5) is 25.1. The van der Waals surface area contributed by atoms with Gasteiger partial charge < -0.3 is 9.30 Å². The Morgan fingerprint density at radius 3 is 2.89 bits per heavy atom. The maximum Gasteiger partial charge on any atom is 0.277 e. The van der Waals surface area contributed by atoms with Crippen LogP contribution in [0.1, 0.15) is 40.4 Å². The van der Waals surface area contributed by atoms with Crippen molar-refractivity contribution < 1.29 is 9.53 Å². The summed E-state index contributed by atoms with van der Waals surface area (Å²) in [6, 6.07) is 2.15. The molecule has 0 spiro atoms. The number of aryl methyl sites for hydroxylation is 2. The number of aromatic nitrogens is 4. The molecule has 4 rings (SSSR count). The zero-order valence-corrected chi connectivity index (χ0v) is 17.0. The average Bonchev–Trinajstić information content (AvgIpc) is 3.40. The lowest BCUT2D eigenvalue weighted by atomic mass is 10.2. The minimum absolute atomic E-state index is 0.275. The maximum atomic E-state index is 12.3. The molecule has 1 amide bonds. The van der Waals surface area contributed by atoms with Crippen molar-refractivity contribution >= 4 is 22.4 Å². The molecule has 1 atom stereocenters. The van der Waals surface area contributed by atoms with E-state index in [9.17, 15) is 4.79 Å². The fourth-order valence-electron chi connectivity index (χ4n) is 3.46. The van der Waals surface area contributed by atoms with Crippen molar-refractivity contribution in [2.24, 2.45) is 0 Å². The predicted octanol–water partition coefficient (Wildman–Crippen LogP) is 3.76. The highest BCUT2D eigenvalue weighted by Crippen LogP contribution is 2.31. The van der Waals surface area contributed by atoms with Gasteiger partial charge >= 0.3 is 0 Å². The van der Waals surface area contributed by atoms with Gasteiger partial charge in [-0.3, -0.25) is 15.1 Å². The molecular formula is C20H23N5O2S. The Morgan fingerprint density at radius 1 is 1.32 bits per heavy atom. The Bertz CT molecular complexity index is 987. The van der Waals surface area contributed by atoms with E-state index in [1.807, 2.05) is 12.3 Å². The standard InChI is InChI=1S/C20H23N5O2S/c1-12-8-22-17(9-21-12)19(26)24-20-23-18(11-28-20)16-7-13(2)25(14(16)3)10-15-5-4-6-27-15/h7-9,11,15H,4-6,10H2,1-3H3,(H,23,24,26)/t15-/m1/s1. The lowest BCUT2D eigenvalue weighted by Crippen LogP contribution is -2.16. The summed E-state index contributed by atoms with van der Waals surface area (Å²) in [6.07, 6.45) is 5.58. The molecule has 0 bridgehead atoms. The molecule has 3 aromatic rings. The van der Waals surface area contributed by atoms with Crippen LogP contribution in [0.4, 0.5) is 5.13 Å². The third-order valence-electron chi connectivity index (χ3n) is 5.00. The molecule has 28 heavy (non-hydrogen) atoms. The molecule has 0 aliphatic carbocycles. The number of carbonyl (C=O) groups excluding carboxylic acids is 1. The van der Waals surface area contributed by atoms with Crippen LogP contribution < -0.4 is 5.32 Å². The van der Waals surface area contributed by atoms with Crippen LogP contribution in [0.15, 0.2) is 23.8 Å². The number of nitrogens with one attached hydrogen (secondary N) is 1. The molecule has 1 N–H and O–H groups in total. The number of hydrogen-bond donors (Lipinski definition) is 1. The molecule has 3 aromatic heterocycles. The molecule has 1 fully saturated rings. The van der Waals surface area contributed by atoms with E-state index in [0.29, 0.717) is 11.2 Å². The van der Waals surface area contributed by atoms with Crippen molar-refractivity contribution in [2.75, 3.05) is 11.9 Å². The zero-order chi connectivity index (χ0) is 19.7. The monoisotopic (exact) mass is 397 g/mol. The van der Waals surface area contributed by atoms with Crippen LogP contribution in [0.2, 0.25) is 0 Å². The van der Waals surface area contributed by atoms with Gasteiger partial charge in [0.05, 0.1) is 23.7 Å². The van der Waals surface area contributed by atoms with Crippen molar-refractivity contribution in [3.05, 3.63) is 46.6 Å². The highest BCUT2D eigenvalue weighted by atomic mass is 32.1. The number of hydrogen-bond acceptors (Lipinski definition) is 6. The molecule has 0 aromatic carbocycles. The van der Waals surface area contributed by atoms with Crippen molar-refractivity contribution in [1.29, 1.82) is 0 Å². The van der Waals surface area contributed by atoms with Gasteiger partial charge in [-0.05, 0) is 39.7 Å². The largest absolute Gasteiger partial charge is 0.376 e. The van der Waals surface area contributed by atoms with Crippen LogP contribution in [0.25, 0.3) is 11.3 Å². The summed E-state index contributed by atoms with van der Waals surface area (Å²) >= 11 is 1.40. The summed E-state index contributed by atoms with van der Waals surface area (Å²) in [6.45, 7) is 7.78. The van der Waals surface area contributed by atoms with E-state index in [1.54, 1.807) is 6.20 Å². The fourth-order valence-corrected chi connectivity index (χ4v) is 4.16. The summed E-state index contributed by atoms with van der Waals surface area (Å²) in [5.41, 5.74) is 5.35. The van der Waals surface area contributed by atoms with Crippen LogP contribution in [0, 0.1) is 20.8 Å². The van der Waals surface area contributed by atoms with Crippen molar-refractivity contribution in [1.82, 2.24) is 19.5 Å². The van der Waals surface area contributed by atoms with E-state index in [1.165, 1.54) is 28.9 Å². The molecule has 0 saturated carbocycles. The molecule has 1 aliphatic heterocycles. The van der Waals surface area contributed by atoms with Gasteiger partial charge in [-0.25, -0.2) is 9.97 Å². The summed E-state index contributed by atoms with van der Waals surface area (Å²) in [7, 11) is 0. The fraction of sp³-hybridized carbons (Fsp3) is 0.400. The predicted molar refractivity (Wildman–Crippen MR) is 109 cm³/mol. The molecular weight excluding hydrogens is 374 g/mol. The first-order valence-corrected chi connectivity index (χ1v) is 10.2. The molecule has 0 radical (unpaired) electrons. The van der Waals surface area contributed by atoms with Crippen molar-refractivity contribution in [3.8, 4) is 11.3 Å². The van der Waals surface area contributed by atoms with Gasteiger partial charge in [-0.15, -0.1) is 11.3 Å². The first-order chi connectivity index (χ1) is 13.5. The van der Waals surface area contributed by atoms with Crippen LogP contribution in [0.5, 0.6) is 0 Å². The van der Waals surface area contributed by atoms with Crippen LogP contribution >= 0.6 is 11.3 Å². The number of ether oxygens (including phenoxy) is 1. The Hall–Kier alpha value is -2.58. The number of anilines is 1. The highest BCUT2D eigenvalue weighted by Gasteiger charge is 2.20.